The molecule has 3 rings (SSSR count). The molecule has 0 radical (unpaired) electrons. The van der Waals surface area contributed by atoms with E-state index >= 15 is 0 Å². The molecule has 1 aliphatic carbocycles. The summed E-state index contributed by atoms with van der Waals surface area (Å²) >= 11 is 3.80. The minimum atomic E-state index is -1.29. The van der Waals surface area contributed by atoms with Crippen LogP contribution in [-0.2, 0) is 43.2 Å². The highest BCUT2D eigenvalue weighted by Crippen LogP contribution is 2.24. The van der Waals surface area contributed by atoms with Gasteiger partial charge in [-0.1, -0.05) is 0 Å². The van der Waals surface area contributed by atoms with Crippen molar-refractivity contribution in [2.45, 2.75) is 62.9 Å². The summed E-state index contributed by atoms with van der Waals surface area (Å²) in [6.45, 7) is -0.869. The summed E-state index contributed by atoms with van der Waals surface area (Å²) in [4.78, 5) is 107. The number of carbonyl (C=O) groups is 9. The summed E-state index contributed by atoms with van der Waals surface area (Å²) in [5, 5.41) is 40.8. The molecule has 2 aliphatic heterocycles. The van der Waals surface area contributed by atoms with E-state index in [0.717, 1.165) is 25.7 Å². The highest BCUT2D eigenvalue weighted by Gasteiger charge is 2.31. The molecule has 0 aromatic heterocycles. The van der Waals surface area contributed by atoms with E-state index in [1.807, 2.05) is 0 Å². The summed E-state index contributed by atoms with van der Waals surface area (Å²) in [6.07, 6.45) is 2.89. The molecule has 0 bridgehead atoms. The molecule has 2 heterocycles. The van der Waals surface area contributed by atoms with Crippen molar-refractivity contribution in [1.82, 2.24) is 63.8 Å². The Morgan fingerprint density at radius 1 is 0.745 bits per heavy atom. The number of carboxylic acids is 1. The quantitative estimate of drug-likeness (QED) is 0.0379. The Morgan fingerprint density at radius 3 is 1.84 bits per heavy atom. The fourth-order valence-corrected chi connectivity index (χ4v) is 5.86. The monoisotopic (exact) mass is 797 g/mol. The van der Waals surface area contributed by atoms with Gasteiger partial charge in [-0.15, -0.1) is 0 Å². The van der Waals surface area contributed by atoms with Gasteiger partial charge in [0.05, 0.1) is 38.8 Å². The molecule has 8 amide bonds. The van der Waals surface area contributed by atoms with Gasteiger partial charge in [0.2, 0.25) is 41.4 Å². The maximum absolute atomic E-state index is 12.7. The van der Waals surface area contributed by atoms with E-state index in [1.165, 1.54) is 0 Å². The van der Waals surface area contributed by atoms with Gasteiger partial charge < -0.3 is 68.9 Å². The van der Waals surface area contributed by atoms with E-state index in [4.69, 9.17) is 10.8 Å². The average Bonchev–Trinajstić information content (AvgIpc) is 3.16. The van der Waals surface area contributed by atoms with Gasteiger partial charge in [-0.05, 0) is 32.1 Å². The first-order valence-corrected chi connectivity index (χ1v) is 18.4. The second-order valence-corrected chi connectivity index (χ2v) is 13.3. The zero-order valence-corrected chi connectivity index (χ0v) is 31.0. The normalized spacial score (nSPS) is 20.7. The first-order chi connectivity index (χ1) is 26.2. The van der Waals surface area contributed by atoms with Gasteiger partial charge in [0.1, 0.15) is 17.6 Å². The zero-order chi connectivity index (χ0) is 40.3. The van der Waals surface area contributed by atoms with Crippen LogP contribution in [0.25, 0.3) is 0 Å². The lowest BCUT2D eigenvalue weighted by atomic mass is 9.85. The molecule has 2 unspecified atom stereocenters. The standard InChI is InChI=1S/C31H51N13O10S/c32-31-43-27-26(29(52)44-31)41-18(9-40-27)8-34-17-5-3-16(4-6-17)28(51)33-7-1-2-20(45)35-10-21(46)36-11-22(47)37-12-23(48)38-13-24(49)39-14-25(50)42-19(15-55)30(53)54/h16-19,31,34,40-41,43,55H,1-15,32H2,(H,33,51)(H,35,45)(H,36,46)(H,37,47)(H,38,48)(H,39,49)(H,42,50)(H,44,52)(H,53,54)/t16?,17?,18?,19-,31?/m1/s1. The smallest absolute Gasteiger partial charge is 0.327 e. The molecule has 306 valence electrons. The maximum atomic E-state index is 12.7. The van der Waals surface area contributed by atoms with Crippen molar-refractivity contribution in [2.24, 2.45) is 11.7 Å². The molecule has 3 atom stereocenters. The van der Waals surface area contributed by atoms with Crippen LogP contribution in [0.2, 0.25) is 0 Å². The third-order valence-electron chi connectivity index (χ3n) is 8.61. The Bertz CT molecular complexity index is 1470. The van der Waals surface area contributed by atoms with Gasteiger partial charge in [0.25, 0.3) is 5.91 Å². The Morgan fingerprint density at radius 2 is 1.29 bits per heavy atom. The molecule has 15 N–H and O–H groups in total. The van der Waals surface area contributed by atoms with Crippen molar-refractivity contribution < 1.29 is 48.3 Å². The number of hydrogen-bond donors (Lipinski definition) is 15. The number of rotatable bonds is 21. The molecule has 23 nitrogen and oxygen atoms in total. The van der Waals surface area contributed by atoms with Crippen molar-refractivity contribution in [3.8, 4) is 0 Å². The summed E-state index contributed by atoms with van der Waals surface area (Å²) in [5.41, 5.74) is 6.16. The number of nitrogens with one attached hydrogen (secondary N) is 12. The van der Waals surface area contributed by atoms with E-state index in [9.17, 15) is 43.2 Å². The predicted molar refractivity (Wildman–Crippen MR) is 196 cm³/mol. The molecular formula is C31H51N13O10S. The molecular weight excluding hydrogens is 746 g/mol. The lowest BCUT2D eigenvalue weighted by Gasteiger charge is -2.36. The van der Waals surface area contributed by atoms with Crippen LogP contribution in [0.1, 0.15) is 38.5 Å². The molecule has 0 aromatic rings. The lowest BCUT2D eigenvalue weighted by Crippen LogP contribution is -2.64. The van der Waals surface area contributed by atoms with E-state index in [2.05, 4.69) is 76.4 Å². The number of amides is 8. The number of thiol groups is 1. The first kappa shape index (κ1) is 44.0. The number of carbonyl (C=O) groups excluding carboxylic acids is 8. The number of aliphatic carboxylic acids is 1. The Hall–Kier alpha value is -5.36. The number of hydrogen-bond acceptors (Lipinski definition) is 15. The molecule has 0 spiro atoms. The minimum Gasteiger partial charge on any atom is -0.480 e. The average molecular weight is 798 g/mol. The third kappa shape index (κ3) is 16.3. The Labute approximate surface area is 321 Å². The van der Waals surface area contributed by atoms with Gasteiger partial charge >= 0.3 is 5.97 Å². The van der Waals surface area contributed by atoms with Gasteiger partial charge in [0, 0.05) is 43.8 Å². The van der Waals surface area contributed by atoms with Crippen LogP contribution in [0.15, 0.2) is 11.5 Å². The number of carboxylic acid groups (broad SMARTS) is 1. The SMILES string of the molecule is NC1NC(=O)C2=C(NCC(CNC3CCC(C(=O)NCCCC(=O)NCC(=O)NCC(=O)NCC(=O)NCC(=O)NCC(=O)N[C@H](CS)C(=O)O)CC3)N2)N1. The Kier molecular flexibility index (Phi) is 18.2. The van der Waals surface area contributed by atoms with Crippen LogP contribution in [0.5, 0.6) is 0 Å². The second kappa shape index (κ2) is 22.8. The van der Waals surface area contributed by atoms with E-state index in [1.54, 1.807) is 0 Å². The van der Waals surface area contributed by atoms with E-state index in [-0.39, 0.29) is 48.5 Å². The predicted octanol–water partition coefficient (Wildman–Crippen LogP) is -7.20. The molecule has 0 saturated heterocycles. The molecule has 24 heteroatoms. The van der Waals surface area contributed by atoms with Crippen molar-refractivity contribution in [3.05, 3.63) is 11.5 Å². The van der Waals surface area contributed by atoms with Crippen LogP contribution >= 0.6 is 12.6 Å². The first-order valence-electron chi connectivity index (χ1n) is 17.8. The highest BCUT2D eigenvalue weighted by molar-refractivity contribution is 7.80. The van der Waals surface area contributed by atoms with Crippen LogP contribution in [0, 0.1) is 5.92 Å². The lowest BCUT2D eigenvalue weighted by molar-refractivity contribution is -0.141. The van der Waals surface area contributed by atoms with Crippen molar-refractivity contribution in [2.75, 3.05) is 58.1 Å². The molecule has 1 saturated carbocycles. The van der Waals surface area contributed by atoms with Gasteiger partial charge in [0.15, 0.2) is 6.29 Å². The summed E-state index contributed by atoms with van der Waals surface area (Å²) in [7, 11) is 0. The minimum absolute atomic E-state index is 0.00239. The van der Waals surface area contributed by atoms with Gasteiger partial charge in [-0.3, -0.25) is 44.1 Å². The van der Waals surface area contributed by atoms with Crippen LogP contribution in [0.4, 0.5) is 0 Å². The topological polar surface area (TPSA) is 344 Å². The fourth-order valence-electron chi connectivity index (χ4n) is 5.61. The maximum Gasteiger partial charge on any atom is 0.327 e. The highest BCUT2D eigenvalue weighted by atomic mass is 32.1. The Balaban J connectivity index is 1.15. The van der Waals surface area contributed by atoms with Crippen molar-refractivity contribution in [1.29, 1.82) is 0 Å². The second-order valence-electron chi connectivity index (χ2n) is 12.9. The molecule has 3 aliphatic rings. The van der Waals surface area contributed by atoms with Gasteiger partial charge in [-0.25, -0.2) is 4.79 Å². The largest absolute Gasteiger partial charge is 0.480 e. The summed E-state index contributed by atoms with van der Waals surface area (Å²) in [5.74, 6) is -5.31. The zero-order valence-electron chi connectivity index (χ0n) is 30.1. The fraction of sp³-hybridized carbons (Fsp3) is 0.645. The summed E-state index contributed by atoms with van der Waals surface area (Å²) < 4.78 is 0. The number of nitrogens with two attached hydrogens (primary N) is 1. The van der Waals surface area contributed by atoms with E-state index < -0.39 is 79.9 Å². The summed E-state index contributed by atoms with van der Waals surface area (Å²) in [6, 6.07) is -0.974. The third-order valence-corrected chi connectivity index (χ3v) is 8.98. The van der Waals surface area contributed by atoms with Crippen molar-refractivity contribution >= 4 is 65.9 Å². The van der Waals surface area contributed by atoms with E-state index in [0.29, 0.717) is 37.6 Å². The van der Waals surface area contributed by atoms with Crippen molar-refractivity contribution in [3.63, 3.8) is 0 Å². The molecule has 1 fully saturated rings. The van der Waals surface area contributed by atoms with Crippen LogP contribution in [0.3, 0.4) is 0 Å². The van der Waals surface area contributed by atoms with Crippen LogP contribution in [-0.4, -0.2) is 141 Å². The molecule has 0 aromatic carbocycles. The molecule has 55 heavy (non-hydrogen) atoms. The van der Waals surface area contributed by atoms with Crippen LogP contribution < -0.4 is 69.5 Å². The van der Waals surface area contributed by atoms with Gasteiger partial charge in [-0.2, -0.15) is 12.6 Å².